The number of anilines is 1. The predicted octanol–water partition coefficient (Wildman–Crippen LogP) is 6.63. The molecule has 43 heavy (non-hydrogen) atoms. The molecule has 1 aliphatic heterocycles. The first-order chi connectivity index (χ1) is 20.9. The van der Waals surface area contributed by atoms with Crippen LogP contribution in [0.2, 0.25) is 0 Å². The smallest absolute Gasteiger partial charge is 0.257 e. The number of hydrogen-bond donors (Lipinski definition) is 2. The first-order valence-electron chi connectivity index (χ1n) is 14.2. The summed E-state index contributed by atoms with van der Waals surface area (Å²) in [6, 6.07) is 21.2. The zero-order chi connectivity index (χ0) is 29.9. The Morgan fingerprint density at radius 2 is 1.65 bits per heavy atom. The van der Waals surface area contributed by atoms with Gasteiger partial charge in [-0.05, 0) is 96.9 Å². The number of aromatic amines is 1. The summed E-state index contributed by atoms with van der Waals surface area (Å²) in [5, 5.41) is 3.50. The van der Waals surface area contributed by atoms with Crippen LogP contribution in [0.3, 0.4) is 0 Å². The number of fused-ring (bicyclic) bond motifs is 3. The SMILES string of the molecule is COc1cc2c(cc1OC)CN(CCCSc1ccc(NC(=O)c3cccc4c(=O)c5cccc(F)c5[nH]c34)cc1)CC2. The minimum Gasteiger partial charge on any atom is -0.493 e. The Morgan fingerprint density at radius 1 is 0.953 bits per heavy atom. The lowest BCUT2D eigenvalue weighted by Crippen LogP contribution is -2.31. The number of H-pyrrole nitrogens is 1. The van der Waals surface area contributed by atoms with Crippen molar-refractivity contribution in [3.05, 3.63) is 106 Å². The van der Waals surface area contributed by atoms with Crippen molar-refractivity contribution >= 4 is 45.2 Å². The van der Waals surface area contributed by atoms with E-state index in [4.69, 9.17) is 9.47 Å². The summed E-state index contributed by atoms with van der Waals surface area (Å²) in [6.45, 7) is 2.95. The van der Waals surface area contributed by atoms with Gasteiger partial charge in [0.25, 0.3) is 5.91 Å². The molecule has 2 N–H and O–H groups in total. The van der Waals surface area contributed by atoms with E-state index < -0.39 is 5.82 Å². The predicted molar refractivity (Wildman–Crippen MR) is 170 cm³/mol. The van der Waals surface area contributed by atoms with E-state index >= 15 is 0 Å². The van der Waals surface area contributed by atoms with E-state index in [1.165, 1.54) is 23.3 Å². The molecule has 0 radical (unpaired) electrons. The molecule has 9 heteroatoms. The Kier molecular flexibility index (Phi) is 8.35. The average Bonchev–Trinajstić information content (AvgIpc) is 3.03. The van der Waals surface area contributed by atoms with Crippen molar-refractivity contribution in [1.29, 1.82) is 0 Å². The fourth-order valence-corrected chi connectivity index (χ4v) is 6.46. The monoisotopic (exact) mass is 597 g/mol. The fourth-order valence-electron chi connectivity index (χ4n) is 5.62. The topological polar surface area (TPSA) is 83.7 Å². The lowest BCUT2D eigenvalue weighted by atomic mass is 9.98. The van der Waals surface area contributed by atoms with Gasteiger partial charge in [-0.3, -0.25) is 14.5 Å². The summed E-state index contributed by atoms with van der Waals surface area (Å²) in [5.41, 5.74) is 3.62. The second-order valence-corrected chi connectivity index (χ2v) is 11.7. The van der Waals surface area contributed by atoms with E-state index in [-0.39, 0.29) is 27.8 Å². The first-order valence-corrected chi connectivity index (χ1v) is 15.2. The van der Waals surface area contributed by atoms with Gasteiger partial charge in [-0.2, -0.15) is 0 Å². The minimum absolute atomic E-state index is 0.0904. The van der Waals surface area contributed by atoms with Crippen LogP contribution < -0.4 is 20.2 Å². The molecule has 0 atom stereocenters. The third kappa shape index (κ3) is 5.96. The highest BCUT2D eigenvalue weighted by molar-refractivity contribution is 7.99. The number of nitrogens with one attached hydrogen (secondary N) is 2. The molecular weight excluding hydrogens is 565 g/mol. The maximum atomic E-state index is 14.4. The van der Waals surface area contributed by atoms with Crippen LogP contribution in [0.4, 0.5) is 10.1 Å². The summed E-state index contributed by atoms with van der Waals surface area (Å²) in [6.07, 6.45) is 2.05. The van der Waals surface area contributed by atoms with Crippen molar-refractivity contribution in [3.8, 4) is 11.5 Å². The number of carbonyl (C=O) groups is 1. The van der Waals surface area contributed by atoms with Crippen LogP contribution in [0.25, 0.3) is 21.8 Å². The summed E-state index contributed by atoms with van der Waals surface area (Å²) in [5.74, 6) is 1.62. The molecule has 1 amide bonds. The number of para-hydroxylation sites is 2. The highest BCUT2D eigenvalue weighted by Gasteiger charge is 2.19. The summed E-state index contributed by atoms with van der Waals surface area (Å²) >= 11 is 1.78. The molecular formula is C34H32FN3O4S. The van der Waals surface area contributed by atoms with E-state index in [9.17, 15) is 14.0 Å². The fraction of sp³-hybridized carbons (Fsp3) is 0.235. The molecule has 1 aromatic heterocycles. The Bertz CT molecular complexity index is 1870. The minimum atomic E-state index is -0.539. The van der Waals surface area contributed by atoms with Crippen molar-refractivity contribution < 1.29 is 18.7 Å². The number of methoxy groups -OCH3 is 2. The summed E-state index contributed by atoms with van der Waals surface area (Å²) in [7, 11) is 3.34. The highest BCUT2D eigenvalue weighted by Crippen LogP contribution is 2.33. The van der Waals surface area contributed by atoms with Gasteiger partial charge in [0.1, 0.15) is 5.82 Å². The Morgan fingerprint density at radius 3 is 2.40 bits per heavy atom. The second-order valence-electron chi connectivity index (χ2n) is 10.5. The van der Waals surface area contributed by atoms with Gasteiger partial charge in [-0.25, -0.2) is 4.39 Å². The van der Waals surface area contributed by atoms with Crippen LogP contribution in [0.5, 0.6) is 11.5 Å². The Balaban J connectivity index is 1.05. The molecule has 5 aromatic rings. The Hall–Kier alpha value is -4.34. The number of aromatic nitrogens is 1. The lowest BCUT2D eigenvalue weighted by molar-refractivity contribution is 0.102. The van der Waals surface area contributed by atoms with Crippen LogP contribution in [-0.2, 0) is 13.0 Å². The quantitative estimate of drug-likeness (QED) is 0.113. The van der Waals surface area contributed by atoms with Crippen molar-refractivity contribution in [3.63, 3.8) is 0 Å². The van der Waals surface area contributed by atoms with Gasteiger partial charge < -0.3 is 19.8 Å². The van der Waals surface area contributed by atoms with Crippen LogP contribution >= 0.6 is 11.8 Å². The molecule has 0 saturated heterocycles. The summed E-state index contributed by atoms with van der Waals surface area (Å²) in [4.78, 5) is 32.7. The maximum Gasteiger partial charge on any atom is 0.257 e. The number of halogens is 1. The number of rotatable bonds is 9. The van der Waals surface area contributed by atoms with E-state index in [0.717, 1.165) is 54.6 Å². The van der Waals surface area contributed by atoms with Gasteiger partial charge in [0.2, 0.25) is 0 Å². The zero-order valence-electron chi connectivity index (χ0n) is 24.0. The van der Waals surface area contributed by atoms with Crippen LogP contribution in [0.15, 0.2) is 82.5 Å². The second kappa shape index (κ2) is 12.5. The lowest BCUT2D eigenvalue weighted by Gasteiger charge is -2.29. The maximum absolute atomic E-state index is 14.4. The Labute approximate surface area is 253 Å². The molecule has 0 spiro atoms. The normalized spacial score (nSPS) is 13.2. The molecule has 4 aromatic carbocycles. The average molecular weight is 598 g/mol. The molecule has 0 saturated carbocycles. The van der Waals surface area contributed by atoms with Crippen molar-refractivity contribution in [1.82, 2.24) is 9.88 Å². The van der Waals surface area contributed by atoms with Gasteiger partial charge in [0.15, 0.2) is 16.9 Å². The van der Waals surface area contributed by atoms with Crippen molar-refractivity contribution in [2.24, 2.45) is 0 Å². The van der Waals surface area contributed by atoms with Crippen LogP contribution in [-0.4, -0.2) is 48.9 Å². The standard InChI is InChI=1S/C34H32FN3O4S/c1-41-29-18-21-14-16-38(20-22(21)19-30(29)42-2)15-5-17-43-24-12-10-23(11-13-24)36-34(40)27-8-3-6-25-31(27)37-32-26(33(25)39)7-4-9-28(32)35/h3-4,6-13,18-19H,5,14-17,20H2,1-2H3,(H,36,40)(H,37,39). The number of thioether (sulfide) groups is 1. The van der Waals surface area contributed by atoms with Crippen LogP contribution in [0.1, 0.15) is 27.9 Å². The molecule has 0 fully saturated rings. The molecule has 7 nitrogen and oxygen atoms in total. The number of carbonyl (C=O) groups excluding carboxylic acids is 1. The summed E-state index contributed by atoms with van der Waals surface area (Å²) < 4.78 is 25.4. The third-order valence-corrected chi connectivity index (χ3v) is 8.96. The van der Waals surface area contributed by atoms with Gasteiger partial charge in [0.05, 0.1) is 30.8 Å². The van der Waals surface area contributed by atoms with Gasteiger partial charge >= 0.3 is 0 Å². The number of pyridine rings is 1. The van der Waals surface area contributed by atoms with Crippen molar-refractivity contribution in [2.45, 2.75) is 24.3 Å². The van der Waals surface area contributed by atoms with Crippen molar-refractivity contribution in [2.75, 3.05) is 38.4 Å². The van der Waals surface area contributed by atoms with E-state index in [2.05, 4.69) is 27.3 Å². The molecule has 6 rings (SSSR count). The number of nitrogens with zero attached hydrogens (tertiary/aromatic N) is 1. The van der Waals surface area contributed by atoms with Gasteiger partial charge in [-0.1, -0.05) is 12.1 Å². The number of ether oxygens (including phenoxy) is 2. The van der Waals surface area contributed by atoms with E-state index in [1.807, 2.05) is 24.3 Å². The number of amides is 1. The number of hydrogen-bond acceptors (Lipinski definition) is 6. The molecule has 2 heterocycles. The molecule has 220 valence electrons. The number of benzene rings is 4. The van der Waals surface area contributed by atoms with E-state index in [0.29, 0.717) is 16.6 Å². The largest absolute Gasteiger partial charge is 0.493 e. The zero-order valence-corrected chi connectivity index (χ0v) is 24.9. The molecule has 1 aliphatic rings. The molecule has 0 bridgehead atoms. The van der Waals surface area contributed by atoms with Gasteiger partial charge in [-0.15, -0.1) is 11.8 Å². The van der Waals surface area contributed by atoms with E-state index in [1.54, 1.807) is 50.2 Å². The first kappa shape index (κ1) is 28.8. The molecule has 0 aliphatic carbocycles. The van der Waals surface area contributed by atoms with Crippen LogP contribution in [0, 0.1) is 5.82 Å². The highest BCUT2D eigenvalue weighted by atomic mass is 32.2. The molecule has 0 unspecified atom stereocenters. The third-order valence-electron chi connectivity index (χ3n) is 7.86. The van der Waals surface area contributed by atoms with Gasteiger partial charge in [0, 0.05) is 34.4 Å².